The van der Waals surface area contributed by atoms with E-state index < -0.39 is 23.3 Å². The minimum Gasteiger partial charge on any atom is -0.477 e. The molecule has 9 heteroatoms. The lowest BCUT2D eigenvalue weighted by Crippen LogP contribution is -2.71. The highest BCUT2D eigenvalue weighted by Crippen LogP contribution is 2.47. The summed E-state index contributed by atoms with van der Waals surface area (Å²) < 4.78 is 11.7. The van der Waals surface area contributed by atoms with Crippen molar-refractivity contribution in [1.82, 2.24) is 10.6 Å². The topological polar surface area (TPSA) is 100 Å². The maximum atomic E-state index is 13.2. The summed E-state index contributed by atoms with van der Waals surface area (Å²) in [5, 5.41) is 17.9. The molecule has 186 valence electrons. The number of hydrogen-bond acceptors (Lipinski definition) is 6. The molecule has 0 aromatic heterocycles. The summed E-state index contributed by atoms with van der Waals surface area (Å²) in [6.07, 6.45) is 3.86. The van der Waals surface area contributed by atoms with Crippen LogP contribution in [0.1, 0.15) is 51.9 Å². The molecule has 2 atom stereocenters. The van der Waals surface area contributed by atoms with Crippen LogP contribution >= 0.6 is 11.6 Å². The molecule has 1 aliphatic heterocycles. The largest absolute Gasteiger partial charge is 0.477 e. The van der Waals surface area contributed by atoms with Gasteiger partial charge in [-0.1, -0.05) is 18.5 Å². The average molecular weight is 492 g/mol. The maximum Gasteiger partial charge on any atom is 0.263 e. The second kappa shape index (κ2) is 8.88. The number of anilines is 1. The molecular weight excluding hydrogens is 458 g/mol. The van der Waals surface area contributed by atoms with E-state index in [1.54, 1.807) is 12.1 Å². The van der Waals surface area contributed by atoms with Crippen LogP contribution in [0.2, 0.25) is 5.02 Å². The predicted octanol–water partition coefficient (Wildman–Crippen LogP) is 2.40. The number of fused-ring (bicyclic) bond motifs is 4. The number of nitrogens with one attached hydrogen (secondary N) is 2. The zero-order valence-electron chi connectivity index (χ0n) is 19.8. The van der Waals surface area contributed by atoms with Gasteiger partial charge in [-0.25, -0.2) is 0 Å². The molecule has 3 N–H and O–H groups in total. The van der Waals surface area contributed by atoms with Crippen LogP contribution in [-0.2, 0) is 14.3 Å². The lowest BCUT2D eigenvalue weighted by molar-refractivity contribution is -0.142. The highest BCUT2D eigenvalue weighted by atomic mass is 35.5. The van der Waals surface area contributed by atoms with Crippen molar-refractivity contribution in [3.05, 3.63) is 23.2 Å². The summed E-state index contributed by atoms with van der Waals surface area (Å²) in [7, 11) is 1.90. The summed E-state index contributed by atoms with van der Waals surface area (Å²) in [6.45, 7) is 2.64. The second-order valence-electron chi connectivity index (χ2n) is 10.8. The van der Waals surface area contributed by atoms with Gasteiger partial charge in [0.15, 0.2) is 6.10 Å². The summed E-state index contributed by atoms with van der Waals surface area (Å²) in [5.41, 5.74) is -0.273. The Morgan fingerprint density at radius 3 is 2.65 bits per heavy atom. The quantitative estimate of drug-likeness (QED) is 0.565. The Morgan fingerprint density at radius 1 is 1.24 bits per heavy atom. The third-order valence-corrected chi connectivity index (χ3v) is 8.45. The number of amides is 2. The fourth-order valence-corrected chi connectivity index (χ4v) is 6.21. The first-order valence-electron chi connectivity index (χ1n) is 12.3. The SMILES string of the molecule is CC1CC(OCC(=O)NC23CCC(NC(=O)C4CN(C)c5cc(Cl)ccc5O4)(CC2)[C@@H](O)C3)C1. The van der Waals surface area contributed by atoms with Gasteiger partial charge in [0, 0.05) is 17.6 Å². The molecule has 8 nitrogen and oxygen atoms in total. The number of carbonyl (C=O) groups excluding carboxylic acids is 2. The molecule has 0 spiro atoms. The van der Waals surface area contributed by atoms with Crippen LogP contribution < -0.4 is 20.3 Å². The number of halogens is 1. The van der Waals surface area contributed by atoms with E-state index in [9.17, 15) is 14.7 Å². The van der Waals surface area contributed by atoms with Gasteiger partial charge in [-0.2, -0.15) is 0 Å². The van der Waals surface area contributed by atoms with Crippen molar-refractivity contribution in [3.63, 3.8) is 0 Å². The molecule has 34 heavy (non-hydrogen) atoms. The van der Waals surface area contributed by atoms with Crippen LogP contribution in [0.5, 0.6) is 5.75 Å². The van der Waals surface area contributed by atoms with Gasteiger partial charge in [0.2, 0.25) is 5.91 Å². The first-order valence-corrected chi connectivity index (χ1v) is 12.6. The normalized spacial score (nSPS) is 36.2. The number of nitrogens with zero attached hydrogens (tertiary/aromatic N) is 1. The van der Waals surface area contributed by atoms with E-state index in [-0.39, 0.29) is 24.5 Å². The van der Waals surface area contributed by atoms with Crippen LogP contribution in [0, 0.1) is 5.92 Å². The van der Waals surface area contributed by atoms with Gasteiger partial charge in [-0.15, -0.1) is 0 Å². The van der Waals surface area contributed by atoms with Crippen LogP contribution in [0.15, 0.2) is 18.2 Å². The van der Waals surface area contributed by atoms with Gasteiger partial charge in [0.05, 0.1) is 30.0 Å². The van der Waals surface area contributed by atoms with Crippen LogP contribution in [-0.4, -0.2) is 66.5 Å². The third kappa shape index (κ3) is 4.48. The maximum absolute atomic E-state index is 13.2. The number of rotatable bonds is 6. The van der Waals surface area contributed by atoms with Gasteiger partial charge in [-0.3, -0.25) is 9.59 Å². The van der Waals surface area contributed by atoms with Crippen molar-refractivity contribution in [2.75, 3.05) is 25.1 Å². The predicted molar refractivity (Wildman–Crippen MR) is 128 cm³/mol. The number of aliphatic hydroxyl groups is 1. The van der Waals surface area contributed by atoms with Crippen molar-refractivity contribution in [2.45, 2.75) is 81.3 Å². The Kier molecular flexibility index (Phi) is 6.19. The minimum absolute atomic E-state index is 0.0658. The first-order chi connectivity index (χ1) is 16.2. The highest BCUT2D eigenvalue weighted by molar-refractivity contribution is 6.31. The molecule has 1 unspecified atom stereocenters. The standard InChI is InChI=1S/C25H34ClN3O5/c1-15-9-17(10-15)33-14-22(31)27-24-5-7-25(8-6-24,21(30)12-24)28-23(32)20-13-29(2)18-11-16(26)3-4-19(18)34-20/h3-4,11,15,17,20-21,30H,5-10,12-14H2,1-2H3,(H,27,31)(H,28,32)/t15?,17?,20?,21-,24?,25?/m0/s1. The number of ether oxygens (including phenoxy) is 2. The minimum atomic E-state index is -0.736. The van der Waals surface area contributed by atoms with Crippen LogP contribution in [0.3, 0.4) is 0 Å². The number of aliphatic hydroxyl groups excluding tert-OH is 1. The first kappa shape index (κ1) is 23.7. The molecule has 2 amide bonds. The Labute approximate surface area is 205 Å². The molecular formula is C25H34ClN3O5. The third-order valence-electron chi connectivity index (χ3n) is 8.21. The van der Waals surface area contributed by atoms with Crippen LogP contribution in [0.25, 0.3) is 0 Å². The number of benzene rings is 1. The number of likely N-dealkylation sites (N-methyl/N-ethyl adjacent to an activating group) is 1. The lowest BCUT2D eigenvalue weighted by Gasteiger charge is -2.56. The molecule has 0 saturated heterocycles. The van der Waals surface area contributed by atoms with Crippen molar-refractivity contribution in [2.24, 2.45) is 5.92 Å². The molecule has 4 aliphatic carbocycles. The monoisotopic (exact) mass is 491 g/mol. The van der Waals surface area contributed by atoms with Crippen molar-refractivity contribution in [3.8, 4) is 5.75 Å². The van der Waals surface area contributed by atoms with Crippen LogP contribution in [0.4, 0.5) is 5.69 Å². The molecule has 0 radical (unpaired) electrons. The lowest BCUT2D eigenvalue weighted by atomic mass is 9.60. The van der Waals surface area contributed by atoms with E-state index in [2.05, 4.69) is 17.6 Å². The van der Waals surface area contributed by atoms with E-state index in [0.29, 0.717) is 55.3 Å². The van der Waals surface area contributed by atoms with Crippen molar-refractivity contribution in [1.29, 1.82) is 0 Å². The zero-order valence-corrected chi connectivity index (χ0v) is 20.6. The number of hydrogen-bond donors (Lipinski definition) is 3. The molecule has 4 saturated carbocycles. The fourth-order valence-electron chi connectivity index (χ4n) is 6.04. The molecule has 5 aliphatic rings. The Bertz CT molecular complexity index is 958. The van der Waals surface area contributed by atoms with Gasteiger partial charge in [-0.05, 0) is 69.1 Å². The van der Waals surface area contributed by atoms with Gasteiger partial charge in [0.25, 0.3) is 5.91 Å². The molecule has 2 bridgehead atoms. The van der Waals surface area contributed by atoms with Gasteiger partial charge >= 0.3 is 0 Å². The molecule has 1 aromatic rings. The Hall–Kier alpha value is -2.03. The fraction of sp³-hybridized carbons (Fsp3) is 0.680. The smallest absolute Gasteiger partial charge is 0.263 e. The van der Waals surface area contributed by atoms with Crippen molar-refractivity contribution >= 4 is 29.1 Å². The van der Waals surface area contributed by atoms with E-state index >= 15 is 0 Å². The molecule has 4 fully saturated rings. The van der Waals surface area contributed by atoms with E-state index in [4.69, 9.17) is 21.1 Å². The van der Waals surface area contributed by atoms with E-state index in [1.165, 1.54) is 0 Å². The zero-order chi connectivity index (χ0) is 24.1. The highest BCUT2D eigenvalue weighted by Gasteiger charge is 2.56. The summed E-state index contributed by atoms with van der Waals surface area (Å²) >= 11 is 6.09. The summed E-state index contributed by atoms with van der Waals surface area (Å²) in [5.74, 6) is 0.939. The van der Waals surface area contributed by atoms with Gasteiger partial charge in [0.1, 0.15) is 12.4 Å². The molecule has 1 aromatic carbocycles. The Morgan fingerprint density at radius 2 is 1.97 bits per heavy atom. The summed E-state index contributed by atoms with van der Waals surface area (Å²) in [4.78, 5) is 27.7. The van der Waals surface area contributed by atoms with E-state index in [1.807, 2.05) is 18.0 Å². The molecule has 6 rings (SSSR count). The summed E-state index contributed by atoms with van der Waals surface area (Å²) in [6, 6.07) is 5.33. The second-order valence-corrected chi connectivity index (χ2v) is 11.2. The van der Waals surface area contributed by atoms with Crippen molar-refractivity contribution < 1.29 is 24.2 Å². The average Bonchev–Trinajstić information content (AvgIpc) is 2.77. The number of carbonyl (C=O) groups is 2. The van der Waals surface area contributed by atoms with E-state index in [0.717, 1.165) is 18.5 Å². The Balaban J connectivity index is 1.17. The van der Waals surface area contributed by atoms with Gasteiger partial charge < -0.3 is 30.1 Å². The molecule has 1 heterocycles.